The van der Waals surface area contributed by atoms with Crippen LogP contribution in [0.15, 0.2) is 60.0 Å². The van der Waals surface area contributed by atoms with Gasteiger partial charge in [0.2, 0.25) is 0 Å². The van der Waals surface area contributed by atoms with Gasteiger partial charge < -0.3 is 5.32 Å². The summed E-state index contributed by atoms with van der Waals surface area (Å²) in [7, 11) is 0. The monoisotopic (exact) mass is 280 g/mol. The summed E-state index contributed by atoms with van der Waals surface area (Å²) in [5.41, 5.74) is 4.66. The van der Waals surface area contributed by atoms with E-state index in [-0.39, 0.29) is 0 Å². The maximum absolute atomic E-state index is 4.58. The van der Waals surface area contributed by atoms with Gasteiger partial charge in [0.05, 0.1) is 5.69 Å². The fourth-order valence-electron chi connectivity index (χ4n) is 2.10. The second-order valence-electron chi connectivity index (χ2n) is 4.51. The molecule has 0 aliphatic carbocycles. The van der Waals surface area contributed by atoms with Crippen LogP contribution in [0.1, 0.15) is 6.92 Å². The number of thiazole rings is 1. The molecule has 1 aromatic heterocycles. The molecule has 0 unspecified atom stereocenters. The molecule has 0 aliphatic rings. The summed E-state index contributed by atoms with van der Waals surface area (Å²) >= 11 is 1.65. The van der Waals surface area contributed by atoms with E-state index in [1.807, 2.05) is 6.07 Å². The maximum atomic E-state index is 4.58. The fourth-order valence-corrected chi connectivity index (χ4v) is 2.89. The van der Waals surface area contributed by atoms with Gasteiger partial charge in [-0.1, -0.05) is 54.6 Å². The molecule has 0 fully saturated rings. The highest BCUT2D eigenvalue weighted by Gasteiger charge is 2.04. The minimum Gasteiger partial charge on any atom is -0.362 e. The molecule has 0 atom stereocenters. The van der Waals surface area contributed by atoms with E-state index >= 15 is 0 Å². The van der Waals surface area contributed by atoms with Crippen molar-refractivity contribution in [3.8, 4) is 22.4 Å². The van der Waals surface area contributed by atoms with Crippen LogP contribution in [0, 0.1) is 0 Å². The van der Waals surface area contributed by atoms with Crippen molar-refractivity contribution in [2.45, 2.75) is 6.92 Å². The predicted octanol–water partition coefficient (Wildman–Crippen LogP) is 4.91. The smallest absolute Gasteiger partial charge is 0.183 e. The van der Waals surface area contributed by atoms with Gasteiger partial charge >= 0.3 is 0 Å². The lowest BCUT2D eigenvalue weighted by Gasteiger charge is -2.02. The molecule has 0 spiro atoms. The third kappa shape index (κ3) is 2.73. The number of hydrogen-bond acceptors (Lipinski definition) is 3. The molecule has 1 heterocycles. The molecular formula is C17H16N2S. The number of benzene rings is 2. The van der Waals surface area contributed by atoms with Crippen LogP contribution in [-0.2, 0) is 0 Å². The Hall–Kier alpha value is -2.13. The van der Waals surface area contributed by atoms with E-state index in [2.05, 4.69) is 71.1 Å². The van der Waals surface area contributed by atoms with Gasteiger partial charge in [-0.15, -0.1) is 11.3 Å². The molecule has 2 nitrogen and oxygen atoms in total. The van der Waals surface area contributed by atoms with Crippen molar-refractivity contribution in [3.63, 3.8) is 0 Å². The molecule has 0 bridgehead atoms. The zero-order valence-electron chi connectivity index (χ0n) is 11.3. The Morgan fingerprint density at radius 3 is 2.25 bits per heavy atom. The standard InChI is InChI=1S/C17H16N2S/c1-2-18-17-19-16(12-20-17)15-10-8-14(9-11-15)13-6-4-3-5-7-13/h3-12H,2H2,1H3,(H,18,19). The number of rotatable bonds is 4. The number of aromatic nitrogens is 1. The summed E-state index contributed by atoms with van der Waals surface area (Å²) in [6.45, 7) is 2.98. The van der Waals surface area contributed by atoms with Crippen molar-refractivity contribution in [1.82, 2.24) is 4.98 Å². The Kier molecular flexibility index (Phi) is 3.79. The highest BCUT2D eigenvalue weighted by Crippen LogP contribution is 2.27. The van der Waals surface area contributed by atoms with E-state index in [0.717, 1.165) is 22.9 Å². The first-order valence-electron chi connectivity index (χ1n) is 6.72. The molecular weight excluding hydrogens is 264 g/mol. The fraction of sp³-hybridized carbons (Fsp3) is 0.118. The summed E-state index contributed by atoms with van der Waals surface area (Å²) in [5.74, 6) is 0. The molecule has 0 amide bonds. The minimum absolute atomic E-state index is 0.903. The van der Waals surface area contributed by atoms with Crippen LogP contribution in [0.4, 0.5) is 5.13 Å². The van der Waals surface area contributed by atoms with E-state index in [9.17, 15) is 0 Å². The van der Waals surface area contributed by atoms with Crippen LogP contribution in [-0.4, -0.2) is 11.5 Å². The van der Waals surface area contributed by atoms with Crippen molar-refractivity contribution in [2.24, 2.45) is 0 Å². The Morgan fingerprint density at radius 1 is 0.900 bits per heavy atom. The summed E-state index contributed by atoms with van der Waals surface area (Å²) < 4.78 is 0. The lowest BCUT2D eigenvalue weighted by molar-refractivity contribution is 1.19. The van der Waals surface area contributed by atoms with Crippen LogP contribution in [0.3, 0.4) is 0 Å². The highest BCUT2D eigenvalue weighted by molar-refractivity contribution is 7.14. The van der Waals surface area contributed by atoms with Gasteiger partial charge in [-0.2, -0.15) is 0 Å². The van der Waals surface area contributed by atoms with Crippen LogP contribution >= 0.6 is 11.3 Å². The van der Waals surface area contributed by atoms with Gasteiger partial charge in [0, 0.05) is 17.5 Å². The topological polar surface area (TPSA) is 24.9 Å². The number of anilines is 1. The number of hydrogen-bond donors (Lipinski definition) is 1. The molecule has 0 aliphatic heterocycles. The lowest BCUT2D eigenvalue weighted by Crippen LogP contribution is -1.94. The van der Waals surface area contributed by atoms with Crippen molar-refractivity contribution < 1.29 is 0 Å². The van der Waals surface area contributed by atoms with E-state index in [0.29, 0.717) is 0 Å². The molecule has 3 heteroatoms. The highest BCUT2D eigenvalue weighted by atomic mass is 32.1. The average Bonchev–Trinajstić information content (AvgIpc) is 2.97. The second-order valence-corrected chi connectivity index (χ2v) is 5.37. The SMILES string of the molecule is CCNc1nc(-c2ccc(-c3ccccc3)cc2)cs1. The summed E-state index contributed by atoms with van der Waals surface area (Å²) in [4.78, 5) is 4.58. The van der Waals surface area contributed by atoms with Crippen molar-refractivity contribution in [2.75, 3.05) is 11.9 Å². The van der Waals surface area contributed by atoms with Crippen LogP contribution in [0.5, 0.6) is 0 Å². The Bertz CT molecular complexity index is 672. The van der Waals surface area contributed by atoms with Crippen LogP contribution in [0.25, 0.3) is 22.4 Å². The molecule has 3 rings (SSSR count). The van der Waals surface area contributed by atoms with Crippen molar-refractivity contribution in [1.29, 1.82) is 0 Å². The van der Waals surface area contributed by atoms with Crippen molar-refractivity contribution in [3.05, 3.63) is 60.0 Å². The van der Waals surface area contributed by atoms with Gasteiger partial charge in [-0.3, -0.25) is 0 Å². The third-order valence-electron chi connectivity index (χ3n) is 3.12. The van der Waals surface area contributed by atoms with E-state index in [1.165, 1.54) is 11.1 Å². The normalized spacial score (nSPS) is 10.4. The molecule has 1 N–H and O–H groups in total. The van der Waals surface area contributed by atoms with Crippen molar-refractivity contribution >= 4 is 16.5 Å². The number of nitrogens with zero attached hydrogens (tertiary/aromatic N) is 1. The summed E-state index contributed by atoms with van der Waals surface area (Å²) in [6, 6.07) is 19.0. The third-order valence-corrected chi connectivity index (χ3v) is 3.92. The first-order chi connectivity index (χ1) is 9.86. The van der Waals surface area contributed by atoms with Gasteiger partial charge in [0.25, 0.3) is 0 Å². The molecule has 3 aromatic rings. The maximum Gasteiger partial charge on any atom is 0.183 e. The molecule has 0 saturated carbocycles. The summed E-state index contributed by atoms with van der Waals surface area (Å²) in [5, 5.41) is 6.32. The van der Waals surface area contributed by atoms with E-state index < -0.39 is 0 Å². The van der Waals surface area contributed by atoms with Gasteiger partial charge in [0.15, 0.2) is 5.13 Å². The van der Waals surface area contributed by atoms with Crippen LogP contribution < -0.4 is 5.32 Å². The van der Waals surface area contributed by atoms with Gasteiger partial charge in [0.1, 0.15) is 0 Å². The Balaban J connectivity index is 1.85. The largest absolute Gasteiger partial charge is 0.362 e. The molecule has 2 aromatic carbocycles. The minimum atomic E-state index is 0.903. The molecule has 20 heavy (non-hydrogen) atoms. The summed E-state index contributed by atoms with van der Waals surface area (Å²) in [6.07, 6.45) is 0. The average molecular weight is 280 g/mol. The zero-order chi connectivity index (χ0) is 13.8. The van der Waals surface area contributed by atoms with Crippen LogP contribution in [0.2, 0.25) is 0 Å². The first-order valence-corrected chi connectivity index (χ1v) is 7.60. The van der Waals surface area contributed by atoms with E-state index in [1.54, 1.807) is 11.3 Å². The quantitative estimate of drug-likeness (QED) is 0.734. The Morgan fingerprint density at radius 2 is 1.55 bits per heavy atom. The molecule has 100 valence electrons. The lowest BCUT2D eigenvalue weighted by atomic mass is 10.0. The van der Waals surface area contributed by atoms with Gasteiger partial charge in [-0.05, 0) is 18.1 Å². The molecule has 0 radical (unpaired) electrons. The molecule has 0 saturated heterocycles. The Labute approximate surface area is 123 Å². The van der Waals surface area contributed by atoms with E-state index in [4.69, 9.17) is 0 Å². The second kappa shape index (κ2) is 5.88. The zero-order valence-corrected chi connectivity index (χ0v) is 12.2. The first kappa shape index (κ1) is 12.9. The predicted molar refractivity (Wildman–Crippen MR) is 87.1 cm³/mol. The number of nitrogens with one attached hydrogen (secondary N) is 1. The van der Waals surface area contributed by atoms with Gasteiger partial charge in [-0.25, -0.2) is 4.98 Å².